The molecule has 1 aromatic carbocycles. The maximum atomic E-state index is 12.3. The summed E-state index contributed by atoms with van der Waals surface area (Å²) >= 11 is 0. The second-order valence-electron chi connectivity index (χ2n) is 4.28. The van der Waals surface area contributed by atoms with E-state index in [1.807, 2.05) is 18.2 Å². The van der Waals surface area contributed by atoms with Crippen molar-refractivity contribution in [2.24, 2.45) is 0 Å². The lowest BCUT2D eigenvalue weighted by Crippen LogP contribution is -2.07. The van der Waals surface area contributed by atoms with Crippen LogP contribution in [0.25, 0.3) is 0 Å². The number of hydrogen-bond donors (Lipinski definition) is 1. The van der Waals surface area contributed by atoms with E-state index in [2.05, 4.69) is 4.98 Å². The molecule has 0 atom stereocenters. The smallest absolute Gasteiger partial charge is 0.317 e. The molecule has 0 aliphatic carbocycles. The number of H-pyrrole nitrogens is 1. The fourth-order valence-electron chi connectivity index (χ4n) is 2.16. The Morgan fingerprint density at radius 2 is 2.00 bits per heavy atom. The van der Waals surface area contributed by atoms with E-state index in [4.69, 9.17) is 4.74 Å². The first-order valence-corrected chi connectivity index (χ1v) is 5.68. The average molecular weight is 241 g/mol. The minimum atomic E-state index is -0.280. The summed E-state index contributed by atoms with van der Waals surface area (Å²) in [6, 6.07) is 9.03. The summed E-state index contributed by atoms with van der Waals surface area (Å²) in [6.45, 7) is 1.78. The Bertz CT molecular complexity index is 641. The molecule has 0 radical (unpaired) electrons. The molecule has 4 nitrogen and oxygen atoms in total. The Balaban J connectivity index is 2.02. The molecular weight excluding hydrogens is 230 g/mol. The molecule has 1 aliphatic rings. The summed E-state index contributed by atoms with van der Waals surface area (Å²) in [7, 11) is 0. The van der Waals surface area contributed by atoms with Crippen molar-refractivity contribution in [3.8, 4) is 5.75 Å². The van der Waals surface area contributed by atoms with Crippen molar-refractivity contribution >= 4 is 11.8 Å². The number of carbonyl (C=O) groups is 2. The SMILES string of the molecule is Cc1c(C(=O)c2ccccc2)[nH]c2c1OC(=O)C2. The molecule has 2 heterocycles. The Kier molecular flexibility index (Phi) is 2.30. The first-order valence-electron chi connectivity index (χ1n) is 5.68. The number of ether oxygens (including phenoxy) is 1. The minimum Gasteiger partial charge on any atom is -0.424 e. The van der Waals surface area contributed by atoms with Gasteiger partial charge in [-0.3, -0.25) is 9.59 Å². The third-order valence-corrected chi connectivity index (χ3v) is 3.07. The second kappa shape index (κ2) is 3.84. The van der Waals surface area contributed by atoms with E-state index in [-0.39, 0.29) is 18.2 Å². The van der Waals surface area contributed by atoms with E-state index < -0.39 is 0 Å². The maximum Gasteiger partial charge on any atom is 0.317 e. The van der Waals surface area contributed by atoms with Crippen LogP contribution in [0.15, 0.2) is 30.3 Å². The average Bonchev–Trinajstić information content (AvgIpc) is 2.88. The standard InChI is InChI=1S/C14H11NO3/c1-8-12(13(17)9-5-3-2-4-6-9)15-10-7-11(16)18-14(8)10/h2-6,15H,7H2,1H3. The van der Waals surface area contributed by atoms with Crippen LogP contribution >= 0.6 is 0 Å². The Hall–Kier alpha value is -2.36. The minimum absolute atomic E-state index is 0.0847. The van der Waals surface area contributed by atoms with Gasteiger partial charge < -0.3 is 9.72 Å². The van der Waals surface area contributed by atoms with Crippen molar-refractivity contribution in [2.45, 2.75) is 13.3 Å². The van der Waals surface area contributed by atoms with Gasteiger partial charge in [-0.2, -0.15) is 0 Å². The van der Waals surface area contributed by atoms with Crippen LogP contribution in [0.2, 0.25) is 0 Å². The Labute approximate surface area is 104 Å². The zero-order valence-electron chi connectivity index (χ0n) is 9.82. The van der Waals surface area contributed by atoms with Crippen molar-refractivity contribution in [1.29, 1.82) is 0 Å². The largest absolute Gasteiger partial charge is 0.424 e. The topological polar surface area (TPSA) is 59.2 Å². The van der Waals surface area contributed by atoms with Crippen LogP contribution in [0.1, 0.15) is 27.3 Å². The van der Waals surface area contributed by atoms with E-state index in [1.165, 1.54) is 0 Å². The van der Waals surface area contributed by atoms with Crippen LogP contribution in [-0.2, 0) is 11.2 Å². The molecule has 1 aliphatic heterocycles. The van der Waals surface area contributed by atoms with E-state index in [0.717, 1.165) is 0 Å². The number of benzene rings is 1. The third-order valence-electron chi connectivity index (χ3n) is 3.07. The van der Waals surface area contributed by atoms with E-state index in [0.29, 0.717) is 28.3 Å². The van der Waals surface area contributed by atoms with Crippen LogP contribution in [0, 0.1) is 6.92 Å². The molecule has 0 bridgehead atoms. The number of carbonyl (C=O) groups excluding carboxylic acids is 2. The lowest BCUT2D eigenvalue weighted by Gasteiger charge is -2.01. The lowest BCUT2D eigenvalue weighted by atomic mass is 10.1. The van der Waals surface area contributed by atoms with Gasteiger partial charge in [0.2, 0.25) is 5.78 Å². The number of aromatic amines is 1. The van der Waals surface area contributed by atoms with Gasteiger partial charge in [-0.25, -0.2) is 0 Å². The maximum absolute atomic E-state index is 12.3. The summed E-state index contributed by atoms with van der Waals surface area (Å²) in [5.74, 6) is 0.149. The molecule has 3 rings (SSSR count). The quantitative estimate of drug-likeness (QED) is 0.646. The molecule has 18 heavy (non-hydrogen) atoms. The first kappa shape index (κ1) is 10.8. The van der Waals surface area contributed by atoms with Crippen molar-refractivity contribution in [3.63, 3.8) is 0 Å². The van der Waals surface area contributed by atoms with E-state index in [1.54, 1.807) is 19.1 Å². The van der Waals surface area contributed by atoms with Crippen LogP contribution in [0.5, 0.6) is 5.75 Å². The van der Waals surface area contributed by atoms with Gasteiger partial charge in [0.1, 0.15) is 0 Å². The molecule has 0 amide bonds. The molecule has 0 spiro atoms. The van der Waals surface area contributed by atoms with Gasteiger partial charge in [0.25, 0.3) is 0 Å². The molecule has 1 N–H and O–H groups in total. The van der Waals surface area contributed by atoms with Crippen molar-refractivity contribution in [1.82, 2.24) is 4.98 Å². The van der Waals surface area contributed by atoms with Gasteiger partial charge in [0, 0.05) is 11.1 Å². The number of ketones is 1. The molecule has 0 saturated carbocycles. The van der Waals surface area contributed by atoms with E-state index in [9.17, 15) is 9.59 Å². The summed E-state index contributed by atoms with van der Waals surface area (Å²) in [5, 5.41) is 0. The van der Waals surface area contributed by atoms with Crippen molar-refractivity contribution in [3.05, 3.63) is 52.8 Å². The van der Waals surface area contributed by atoms with Crippen LogP contribution in [-0.4, -0.2) is 16.7 Å². The van der Waals surface area contributed by atoms with Gasteiger partial charge in [-0.15, -0.1) is 0 Å². The summed E-state index contributed by atoms with van der Waals surface area (Å²) in [6.07, 6.45) is 0.207. The summed E-state index contributed by atoms with van der Waals surface area (Å²) in [4.78, 5) is 26.4. The molecule has 4 heteroatoms. The van der Waals surface area contributed by atoms with Crippen molar-refractivity contribution < 1.29 is 14.3 Å². The van der Waals surface area contributed by atoms with Gasteiger partial charge in [-0.1, -0.05) is 30.3 Å². The van der Waals surface area contributed by atoms with Crippen LogP contribution < -0.4 is 4.74 Å². The number of nitrogens with one attached hydrogen (secondary N) is 1. The molecule has 0 saturated heterocycles. The van der Waals surface area contributed by atoms with Crippen LogP contribution in [0.3, 0.4) is 0 Å². The molecule has 0 fully saturated rings. The monoisotopic (exact) mass is 241 g/mol. The van der Waals surface area contributed by atoms with Gasteiger partial charge in [0.05, 0.1) is 17.8 Å². The molecule has 2 aromatic rings. The lowest BCUT2D eigenvalue weighted by molar-refractivity contribution is -0.131. The Morgan fingerprint density at radius 3 is 2.67 bits per heavy atom. The van der Waals surface area contributed by atoms with Crippen LogP contribution in [0.4, 0.5) is 0 Å². The highest BCUT2D eigenvalue weighted by Gasteiger charge is 2.29. The number of hydrogen-bond acceptors (Lipinski definition) is 3. The second-order valence-corrected chi connectivity index (χ2v) is 4.28. The fourth-order valence-corrected chi connectivity index (χ4v) is 2.16. The normalized spacial score (nSPS) is 13.3. The number of fused-ring (bicyclic) bond motifs is 1. The number of rotatable bonds is 2. The predicted molar refractivity (Wildman–Crippen MR) is 64.7 cm³/mol. The number of aromatic nitrogens is 1. The highest BCUT2D eigenvalue weighted by molar-refractivity contribution is 6.09. The van der Waals surface area contributed by atoms with Gasteiger partial charge in [0.15, 0.2) is 5.75 Å². The fraction of sp³-hybridized carbons (Fsp3) is 0.143. The predicted octanol–water partition coefficient (Wildman–Crippen LogP) is 2.02. The van der Waals surface area contributed by atoms with Gasteiger partial charge >= 0.3 is 5.97 Å². The highest BCUT2D eigenvalue weighted by atomic mass is 16.5. The highest BCUT2D eigenvalue weighted by Crippen LogP contribution is 2.32. The summed E-state index contributed by atoms with van der Waals surface area (Å²) in [5.41, 5.74) is 2.51. The van der Waals surface area contributed by atoms with Gasteiger partial charge in [-0.05, 0) is 6.92 Å². The zero-order valence-corrected chi connectivity index (χ0v) is 9.82. The van der Waals surface area contributed by atoms with E-state index >= 15 is 0 Å². The third kappa shape index (κ3) is 1.54. The first-order chi connectivity index (χ1) is 8.66. The summed E-state index contributed by atoms with van der Waals surface area (Å²) < 4.78 is 5.08. The zero-order chi connectivity index (χ0) is 12.7. The number of esters is 1. The molecule has 90 valence electrons. The van der Waals surface area contributed by atoms with Crippen molar-refractivity contribution in [2.75, 3.05) is 0 Å². The molecule has 1 aromatic heterocycles. The Morgan fingerprint density at radius 1 is 1.28 bits per heavy atom. The molecule has 0 unspecified atom stereocenters. The molecular formula is C14H11NO3.